The van der Waals surface area contributed by atoms with Gasteiger partial charge in [0, 0.05) is 13.0 Å². The number of fused-ring (bicyclic) bond motifs is 4. The van der Waals surface area contributed by atoms with Gasteiger partial charge in [-0.05, 0) is 127 Å². The van der Waals surface area contributed by atoms with Crippen LogP contribution in [0.3, 0.4) is 0 Å². The van der Waals surface area contributed by atoms with Crippen LogP contribution in [0.5, 0.6) is 0 Å². The predicted molar refractivity (Wildman–Crippen MR) is 165 cm³/mol. The second-order valence-corrected chi connectivity index (χ2v) is 18.1. The maximum absolute atomic E-state index is 12.9. The van der Waals surface area contributed by atoms with Gasteiger partial charge >= 0.3 is 5.97 Å². The number of carboxylic acids is 1. The lowest BCUT2D eigenvalue weighted by atomic mass is 9.41. The molecule has 44 heavy (non-hydrogen) atoms. The summed E-state index contributed by atoms with van der Waals surface area (Å²) in [4.78, 5) is 26.4. The summed E-state index contributed by atoms with van der Waals surface area (Å²) in [6.45, 7) is 14.4. The van der Waals surface area contributed by atoms with E-state index in [0.717, 1.165) is 25.2 Å². The van der Waals surface area contributed by atoms with Gasteiger partial charge in [-0.2, -0.15) is 0 Å². The number of aliphatic carboxylic acids is 1. The minimum Gasteiger partial charge on any atom is -0.481 e. The number of carbonyl (C=O) groups excluding carboxylic acids is 1. The molecular weight excluding hydrogens is 554 g/mol. The van der Waals surface area contributed by atoms with Crippen LogP contribution in [0.15, 0.2) is 0 Å². The Labute approximate surface area is 264 Å². The van der Waals surface area contributed by atoms with Crippen LogP contribution < -0.4 is 0 Å². The molecule has 1 N–H and O–H groups in total. The normalized spacial score (nSPS) is 52.2. The SMILES string of the molecule is C[C@@H]1CC(CC(=O)O)OC2C[C@@]3(C)C4CCC5C(C)(C)C(OC6CN(C(=O)CC7CC7)CCO6)CCC56CC46CCC3(C)C21. The van der Waals surface area contributed by atoms with Crippen molar-refractivity contribution < 1.29 is 28.9 Å². The number of rotatable bonds is 6. The molecule has 8 fully saturated rings. The van der Waals surface area contributed by atoms with E-state index in [1.807, 2.05) is 4.90 Å². The van der Waals surface area contributed by atoms with Crippen molar-refractivity contribution in [1.29, 1.82) is 0 Å². The first-order valence-corrected chi connectivity index (χ1v) is 18.3. The summed E-state index contributed by atoms with van der Waals surface area (Å²) in [5.41, 5.74) is 1.44. The highest BCUT2D eigenvalue weighted by Crippen LogP contribution is 2.89. The van der Waals surface area contributed by atoms with Gasteiger partial charge in [-0.25, -0.2) is 0 Å². The molecule has 0 radical (unpaired) electrons. The molecule has 6 aliphatic carbocycles. The molecule has 0 bridgehead atoms. The molecule has 1 amide bonds. The molecule has 0 aromatic carbocycles. The van der Waals surface area contributed by atoms with Crippen molar-refractivity contribution in [3.8, 4) is 0 Å². The third-order valence-electron chi connectivity index (χ3n) is 16.0. The Morgan fingerprint density at radius 2 is 1.68 bits per heavy atom. The summed E-state index contributed by atoms with van der Waals surface area (Å²) >= 11 is 0. The maximum atomic E-state index is 12.9. The van der Waals surface area contributed by atoms with Gasteiger partial charge in [-0.1, -0.05) is 34.6 Å². The van der Waals surface area contributed by atoms with Crippen molar-refractivity contribution in [2.24, 2.45) is 56.7 Å². The number of nitrogens with zero attached hydrogens (tertiary/aromatic N) is 1. The van der Waals surface area contributed by atoms with Gasteiger partial charge in [0.25, 0.3) is 0 Å². The van der Waals surface area contributed by atoms with Crippen molar-refractivity contribution in [2.75, 3.05) is 19.7 Å². The first kappa shape index (κ1) is 30.2. The van der Waals surface area contributed by atoms with Crippen molar-refractivity contribution in [3.05, 3.63) is 0 Å². The summed E-state index contributed by atoms with van der Waals surface area (Å²) in [5.74, 6) is 2.59. The Kier molecular flexibility index (Phi) is 6.80. The van der Waals surface area contributed by atoms with E-state index >= 15 is 0 Å². The third-order valence-corrected chi connectivity index (χ3v) is 16.0. The van der Waals surface area contributed by atoms with Crippen molar-refractivity contribution in [3.63, 3.8) is 0 Å². The molecule has 2 spiro atoms. The molecule has 2 heterocycles. The maximum Gasteiger partial charge on any atom is 0.305 e. The minimum atomic E-state index is -0.734. The first-order chi connectivity index (χ1) is 20.8. The Hall–Kier alpha value is -1.18. The molecule has 6 saturated carbocycles. The Morgan fingerprint density at radius 3 is 2.43 bits per heavy atom. The largest absolute Gasteiger partial charge is 0.481 e. The monoisotopic (exact) mass is 611 g/mol. The number of hydrogen-bond donors (Lipinski definition) is 1. The molecule has 7 nitrogen and oxygen atoms in total. The molecule has 7 heteroatoms. The lowest BCUT2D eigenvalue weighted by Crippen LogP contribution is -2.58. The number of amides is 1. The van der Waals surface area contributed by atoms with Crippen molar-refractivity contribution >= 4 is 11.9 Å². The van der Waals surface area contributed by atoms with E-state index in [4.69, 9.17) is 14.2 Å². The van der Waals surface area contributed by atoms with Crippen molar-refractivity contribution in [2.45, 2.75) is 143 Å². The summed E-state index contributed by atoms with van der Waals surface area (Å²) in [5, 5.41) is 9.51. The fourth-order valence-electron chi connectivity index (χ4n) is 13.8. The van der Waals surface area contributed by atoms with Gasteiger partial charge < -0.3 is 24.2 Å². The fraction of sp³-hybridized carbons (Fsp3) is 0.946. The summed E-state index contributed by atoms with van der Waals surface area (Å²) in [7, 11) is 0. The standard InChI is InChI=1S/C37H57NO6/c1-22-16-24(18-30(40)41)43-25-19-35(5)27-9-8-26-33(2,3)28(44-31-20-38(14-15-42-31)29(39)17-23-6-7-23)10-11-36(26)21-37(27,36)13-12-34(35,4)32(22)25/h22-28,31-32H,6-21H2,1-5H3,(H,40,41)/t22-,24?,25?,26?,27?,28?,31?,32?,34?,35+,36?,37?/m1/s1. The number of hydrogen-bond acceptors (Lipinski definition) is 5. The summed E-state index contributed by atoms with van der Waals surface area (Å²) in [6, 6.07) is 0. The van der Waals surface area contributed by atoms with Crippen LogP contribution in [0.1, 0.15) is 118 Å². The van der Waals surface area contributed by atoms with E-state index in [1.54, 1.807) is 0 Å². The number of carboxylic acid groups (broad SMARTS) is 1. The van der Waals surface area contributed by atoms with E-state index in [1.165, 1.54) is 51.4 Å². The van der Waals surface area contributed by atoms with Crippen LogP contribution >= 0.6 is 0 Å². The van der Waals surface area contributed by atoms with Crippen LogP contribution in [-0.4, -0.2) is 66.2 Å². The number of ether oxygens (including phenoxy) is 3. The van der Waals surface area contributed by atoms with Gasteiger partial charge in [0.15, 0.2) is 6.29 Å². The van der Waals surface area contributed by atoms with Crippen LogP contribution in [0.4, 0.5) is 0 Å². The molecule has 0 aromatic heterocycles. The second kappa shape index (κ2) is 9.92. The van der Waals surface area contributed by atoms with E-state index < -0.39 is 5.97 Å². The Balaban J connectivity index is 0.987. The third kappa shape index (κ3) is 4.15. The average Bonchev–Trinajstić information content (AvgIpc) is 3.86. The van der Waals surface area contributed by atoms with Crippen LogP contribution in [-0.2, 0) is 23.8 Å². The zero-order chi connectivity index (χ0) is 30.9. The van der Waals surface area contributed by atoms with E-state index in [0.29, 0.717) is 60.6 Å². The van der Waals surface area contributed by atoms with Gasteiger partial charge in [0.2, 0.25) is 5.91 Å². The fourth-order valence-corrected chi connectivity index (χ4v) is 13.8. The van der Waals surface area contributed by atoms with E-state index in [-0.39, 0.29) is 53.2 Å². The van der Waals surface area contributed by atoms with Gasteiger partial charge in [-0.3, -0.25) is 9.59 Å². The Morgan fingerprint density at radius 1 is 0.932 bits per heavy atom. The highest BCUT2D eigenvalue weighted by molar-refractivity contribution is 5.76. The van der Waals surface area contributed by atoms with Crippen LogP contribution in [0.2, 0.25) is 0 Å². The van der Waals surface area contributed by atoms with Crippen molar-refractivity contribution in [1.82, 2.24) is 4.90 Å². The molecule has 2 aliphatic heterocycles. The summed E-state index contributed by atoms with van der Waals surface area (Å²) < 4.78 is 19.6. The molecular formula is C37H57NO6. The summed E-state index contributed by atoms with van der Waals surface area (Å²) in [6.07, 6.45) is 14.1. The number of morpholine rings is 1. The van der Waals surface area contributed by atoms with Crippen LogP contribution in [0, 0.1) is 56.7 Å². The highest BCUT2D eigenvalue weighted by Gasteiger charge is 2.83. The highest BCUT2D eigenvalue weighted by atomic mass is 16.7. The second-order valence-electron chi connectivity index (χ2n) is 18.1. The Bertz CT molecular complexity index is 1200. The molecule has 10 unspecified atom stereocenters. The molecule has 8 rings (SSSR count). The molecule has 0 aromatic rings. The van der Waals surface area contributed by atoms with Crippen LogP contribution in [0.25, 0.3) is 0 Å². The molecule has 2 saturated heterocycles. The zero-order valence-electron chi connectivity index (χ0n) is 27.9. The molecule has 12 atom stereocenters. The van der Waals surface area contributed by atoms with Gasteiger partial charge in [0.1, 0.15) is 0 Å². The van der Waals surface area contributed by atoms with E-state index in [2.05, 4.69) is 34.6 Å². The lowest BCUT2D eigenvalue weighted by molar-refractivity contribution is -0.246. The topological polar surface area (TPSA) is 85.3 Å². The van der Waals surface area contributed by atoms with Gasteiger partial charge in [0.05, 0.1) is 37.9 Å². The average molecular weight is 612 g/mol. The van der Waals surface area contributed by atoms with Gasteiger partial charge in [-0.15, -0.1) is 0 Å². The molecule has 8 aliphatic rings. The lowest BCUT2D eigenvalue weighted by Gasteiger charge is -2.63. The predicted octanol–water partition coefficient (Wildman–Crippen LogP) is 6.67. The zero-order valence-corrected chi connectivity index (χ0v) is 27.9. The quantitative estimate of drug-likeness (QED) is 0.361. The first-order valence-electron chi connectivity index (χ1n) is 18.3. The van der Waals surface area contributed by atoms with E-state index in [9.17, 15) is 14.7 Å². The minimum absolute atomic E-state index is 0.0728. The molecule has 246 valence electrons. The smallest absolute Gasteiger partial charge is 0.305 e. The number of carbonyl (C=O) groups is 2.